The van der Waals surface area contributed by atoms with Gasteiger partial charge in [0, 0.05) is 36.7 Å². The Morgan fingerprint density at radius 2 is 1.87 bits per heavy atom. The van der Waals surface area contributed by atoms with Crippen LogP contribution in [0.3, 0.4) is 0 Å². The van der Waals surface area contributed by atoms with E-state index in [1.165, 1.54) is 7.11 Å². The lowest BCUT2D eigenvalue weighted by Crippen LogP contribution is -2.52. The number of methoxy groups -OCH3 is 1. The summed E-state index contributed by atoms with van der Waals surface area (Å²) in [5.74, 6) is -0.0463. The third-order valence-corrected chi connectivity index (χ3v) is 6.06. The monoisotopic (exact) mass is 436 g/mol. The Morgan fingerprint density at radius 1 is 1.23 bits per heavy atom. The van der Waals surface area contributed by atoms with Crippen molar-refractivity contribution in [3.63, 3.8) is 0 Å². The van der Waals surface area contributed by atoms with Crippen LogP contribution in [0, 0.1) is 0 Å². The van der Waals surface area contributed by atoms with Gasteiger partial charge in [0.15, 0.2) is 0 Å². The fourth-order valence-electron chi connectivity index (χ4n) is 4.64. The van der Waals surface area contributed by atoms with Gasteiger partial charge in [0.25, 0.3) is 0 Å². The van der Waals surface area contributed by atoms with Crippen LogP contribution in [-0.2, 0) is 23.1 Å². The quantitative estimate of drug-likeness (QED) is 0.776. The molecule has 3 heterocycles. The van der Waals surface area contributed by atoms with Gasteiger partial charge in [-0.05, 0) is 24.5 Å². The number of piperidine rings is 1. The van der Waals surface area contributed by atoms with Crippen LogP contribution in [0.5, 0.6) is 5.88 Å². The number of amides is 1. The van der Waals surface area contributed by atoms with Crippen LogP contribution in [0.25, 0.3) is 0 Å². The second-order valence-corrected chi connectivity index (χ2v) is 8.05. The summed E-state index contributed by atoms with van der Waals surface area (Å²) in [7, 11) is 1.30. The molecule has 2 aromatic rings. The first-order valence-corrected chi connectivity index (χ1v) is 10.0. The molecule has 0 saturated carbocycles. The third-order valence-electron chi connectivity index (χ3n) is 6.06. The molecule has 166 valence electrons. The van der Waals surface area contributed by atoms with Crippen molar-refractivity contribution < 1.29 is 32.5 Å². The van der Waals surface area contributed by atoms with Crippen LogP contribution in [0.1, 0.15) is 42.4 Å². The molecule has 0 spiro atoms. The fourth-order valence-corrected chi connectivity index (χ4v) is 4.64. The highest BCUT2D eigenvalue weighted by molar-refractivity contribution is 5.69. The molecule has 1 N–H and O–H groups in total. The summed E-state index contributed by atoms with van der Waals surface area (Å²) in [6.45, 7) is 0.130. The largest absolute Gasteiger partial charge is 0.481 e. The second kappa shape index (κ2) is 8.03. The van der Waals surface area contributed by atoms with E-state index in [0.29, 0.717) is 19.0 Å². The van der Waals surface area contributed by atoms with Crippen LogP contribution in [0.2, 0.25) is 0 Å². The number of fused-ring (bicyclic) bond motifs is 2. The summed E-state index contributed by atoms with van der Waals surface area (Å²) in [6, 6.07) is 9.49. The topological polar surface area (TPSA) is 71.9 Å². The molecule has 31 heavy (non-hydrogen) atoms. The highest BCUT2D eigenvalue weighted by Gasteiger charge is 2.52. The number of nitrogens with zero attached hydrogens (tertiary/aromatic N) is 2. The van der Waals surface area contributed by atoms with Crippen molar-refractivity contribution in [1.82, 2.24) is 9.88 Å². The van der Waals surface area contributed by atoms with Crippen molar-refractivity contribution in [3.8, 4) is 5.88 Å². The number of benzene rings is 1. The van der Waals surface area contributed by atoms with Crippen molar-refractivity contribution in [3.05, 3.63) is 59.3 Å². The SMILES string of the molecule is COc1ncc(C(F)(F)F)cc1C1(O)CC2CCC(C1)N2C(=O)OCc1ccccc1. The minimum absolute atomic E-state index is 0.000900. The molecule has 1 aromatic carbocycles. The van der Waals surface area contributed by atoms with Gasteiger partial charge in [-0.25, -0.2) is 9.78 Å². The first kappa shape index (κ1) is 21.4. The first-order valence-electron chi connectivity index (χ1n) is 10.0. The van der Waals surface area contributed by atoms with Gasteiger partial charge < -0.3 is 19.5 Å². The molecular formula is C22H23F3N2O4. The number of aliphatic hydroxyl groups is 1. The maximum absolute atomic E-state index is 13.2. The van der Waals surface area contributed by atoms with E-state index in [0.717, 1.165) is 11.6 Å². The van der Waals surface area contributed by atoms with Gasteiger partial charge in [-0.15, -0.1) is 0 Å². The van der Waals surface area contributed by atoms with Crippen molar-refractivity contribution in [2.24, 2.45) is 0 Å². The molecule has 0 radical (unpaired) electrons. The van der Waals surface area contributed by atoms with Crippen LogP contribution >= 0.6 is 0 Å². The molecular weight excluding hydrogens is 413 g/mol. The molecule has 9 heteroatoms. The van der Waals surface area contributed by atoms with E-state index in [-0.39, 0.29) is 43.0 Å². The van der Waals surface area contributed by atoms with E-state index in [4.69, 9.17) is 9.47 Å². The lowest BCUT2D eigenvalue weighted by Gasteiger charge is -2.43. The number of carbonyl (C=O) groups is 1. The molecule has 4 rings (SSSR count). The number of carbonyl (C=O) groups excluding carboxylic acids is 1. The number of hydrogen-bond acceptors (Lipinski definition) is 5. The highest BCUT2D eigenvalue weighted by Crippen LogP contribution is 2.48. The average Bonchev–Trinajstić information content (AvgIpc) is 3.03. The molecule has 2 aliphatic heterocycles. The summed E-state index contributed by atoms with van der Waals surface area (Å²) in [6.07, 6.45) is -2.93. The summed E-state index contributed by atoms with van der Waals surface area (Å²) >= 11 is 0. The number of alkyl halides is 3. The number of ether oxygens (including phenoxy) is 2. The maximum Gasteiger partial charge on any atom is 0.417 e. The molecule has 2 atom stereocenters. The zero-order valence-electron chi connectivity index (χ0n) is 16.9. The van der Waals surface area contributed by atoms with Gasteiger partial charge in [-0.3, -0.25) is 0 Å². The molecule has 2 aliphatic rings. The first-order chi connectivity index (χ1) is 14.7. The Hall–Kier alpha value is -2.81. The number of aromatic nitrogens is 1. The summed E-state index contributed by atoms with van der Waals surface area (Å²) in [5.41, 5.74) is -1.67. The maximum atomic E-state index is 13.2. The van der Waals surface area contributed by atoms with E-state index in [9.17, 15) is 23.1 Å². The van der Waals surface area contributed by atoms with Gasteiger partial charge in [0.1, 0.15) is 6.61 Å². The van der Waals surface area contributed by atoms with Gasteiger partial charge in [-0.2, -0.15) is 13.2 Å². The lowest BCUT2D eigenvalue weighted by atomic mass is 9.80. The summed E-state index contributed by atoms with van der Waals surface area (Å²) in [4.78, 5) is 18.1. The normalized spacial score (nSPS) is 25.4. The molecule has 1 aromatic heterocycles. The number of rotatable bonds is 4. The van der Waals surface area contributed by atoms with Crippen molar-refractivity contribution in [2.75, 3.05) is 7.11 Å². The molecule has 2 fully saturated rings. The summed E-state index contributed by atoms with van der Waals surface area (Å²) in [5, 5.41) is 11.4. The van der Waals surface area contributed by atoms with Crippen LogP contribution in [-0.4, -0.2) is 40.3 Å². The number of hydrogen-bond donors (Lipinski definition) is 1. The zero-order valence-corrected chi connectivity index (χ0v) is 16.9. The average molecular weight is 436 g/mol. The lowest BCUT2D eigenvalue weighted by molar-refractivity contribution is -0.138. The van der Waals surface area contributed by atoms with Gasteiger partial charge in [-0.1, -0.05) is 30.3 Å². The minimum Gasteiger partial charge on any atom is -0.481 e. The van der Waals surface area contributed by atoms with Gasteiger partial charge in [0.05, 0.1) is 18.3 Å². The van der Waals surface area contributed by atoms with Crippen LogP contribution in [0.4, 0.5) is 18.0 Å². The van der Waals surface area contributed by atoms with Crippen molar-refractivity contribution >= 4 is 6.09 Å². The molecule has 2 saturated heterocycles. The molecule has 2 bridgehead atoms. The van der Waals surface area contributed by atoms with Crippen LogP contribution < -0.4 is 4.74 Å². The molecule has 1 amide bonds. The van der Waals surface area contributed by atoms with E-state index in [2.05, 4.69) is 4.98 Å². The van der Waals surface area contributed by atoms with Gasteiger partial charge >= 0.3 is 12.3 Å². The van der Waals surface area contributed by atoms with Crippen molar-refractivity contribution in [1.29, 1.82) is 0 Å². The van der Waals surface area contributed by atoms with E-state index < -0.39 is 23.4 Å². The predicted molar refractivity (Wildman–Crippen MR) is 104 cm³/mol. The second-order valence-electron chi connectivity index (χ2n) is 8.05. The summed E-state index contributed by atoms with van der Waals surface area (Å²) < 4.78 is 50.3. The number of pyridine rings is 1. The standard InChI is InChI=1S/C22H23F3N2O4/c1-30-19-18(9-15(12-26-19)22(23,24)25)21(29)10-16-7-8-17(11-21)27(16)20(28)31-13-14-5-3-2-4-6-14/h2-6,9,12,16-17,29H,7-8,10-11,13H2,1H3. The number of halogens is 3. The van der Waals surface area contributed by atoms with Crippen molar-refractivity contribution in [2.45, 2.75) is 56.2 Å². The Morgan fingerprint density at radius 3 is 2.45 bits per heavy atom. The zero-order chi connectivity index (χ0) is 22.2. The Balaban J connectivity index is 1.54. The van der Waals surface area contributed by atoms with E-state index in [1.807, 2.05) is 30.3 Å². The van der Waals surface area contributed by atoms with Crippen LogP contribution in [0.15, 0.2) is 42.6 Å². The third kappa shape index (κ3) is 4.19. The Labute approximate surface area is 177 Å². The minimum atomic E-state index is -4.59. The fraction of sp³-hybridized carbons (Fsp3) is 0.455. The van der Waals surface area contributed by atoms with E-state index in [1.54, 1.807) is 4.90 Å². The molecule has 0 aliphatic carbocycles. The molecule has 2 unspecified atom stereocenters. The van der Waals surface area contributed by atoms with E-state index >= 15 is 0 Å². The van der Waals surface area contributed by atoms with Gasteiger partial charge in [0.2, 0.25) is 5.88 Å². The Kier molecular flexibility index (Phi) is 5.55. The Bertz CT molecular complexity index is 938. The molecule has 6 nitrogen and oxygen atoms in total. The smallest absolute Gasteiger partial charge is 0.417 e. The highest BCUT2D eigenvalue weighted by atomic mass is 19.4. The predicted octanol–water partition coefficient (Wildman–Crippen LogP) is 4.26.